The van der Waals surface area contributed by atoms with Crippen LogP contribution >= 0.6 is 0 Å². The highest BCUT2D eigenvalue weighted by Gasteiger charge is 1.82. The summed E-state index contributed by atoms with van der Waals surface area (Å²) < 4.78 is 0. The quantitative estimate of drug-likeness (QED) is 0.444. The van der Waals surface area contributed by atoms with Gasteiger partial charge in [-0.1, -0.05) is 26.0 Å². The predicted octanol–water partition coefficient (Wildman–Crippen LogP) is 4.78. The van der Waals surface area contributed by atoms with Crippen molar-refractivity contribution < 1.29 is 0 Å². The van der Waals surface area contributed by atoms with Crippen LogP contribution in [0.15, 0.2) is 42.1 Å². The van der Waals surface area contributed by atoms with Gasteiger partial charge in [0.15, 0.2) is 0 Å². The number of rotatable bonds is 2. The molecule has 0 aliphatic heterocycles. The summed E-state index contributed by atoms with van der Waals surface area (Å²) in [6, 6.07) is 0. The standard InChI is InChI=1S/C9H15N.C2H6.C2H4/c1-5-7-9(4)10-8(3)6-2;2*1-2/h5-7H,1-4H3;1-2H3;1-2H2/b7-5-,8-6-,10-9-;;. The summed E-state index contributed by atoms with van der Waals surface area (Å²) in [6.07, 6.45) is 5.97. The number of hydrogen-bond donors (Lipinski definition) is 0. The molecule has 0 aliphatic rings. The Hall–Kier alpha value is -1.11. The van der Waals surface area contributed by atoms with E-state index in [0.29, 0.717) is 0 Å². The van der Waals surface area contributed by atoms with Crippen LogP contribution in [-0.2, 0) is 0 Å². The zero-order valence-electron chi connectivity index (χ0n) is 10.6. The maximum Gasteiger partial charge on any atom is 0.0372 e. The van der Waals surface area contributed by atoms with Crippen LogP contribution in [0.3, 0.4) is 0 Å². The molecule has 0 rings (SSSR count). The maximum absolute atomic E-state index is 4.28. The molecule has 0 aromatic heterocycles. The normalized spacial score (nSPS) is 11.3. The first-order valence-corrected chi connectivity index (χ1v) is 5.01. The van der Waals surface area contributed by atoms with Gasteiger partial charge < -0.3 is 0 Å². The summed E-state index contributed by atoms with van der Waals surface area (Å²) >= 11 is 0. The van der Waals surface area contributed by atoms with Crippen LogP contribution in [0.2, 0.25) is 0 Å². The highest BCUT2D eigenvalue weighted by atomic mass is 14.7. The van der Waals surface area contributed by atoms with Crippen LogP contribution in [0.4, 0.5) is 0 Å². The molecule has 0 amide bonds. The van der Waals surface area contributed by atoms with E-state index in [1.165, 1.54) is 0 Å². The van der Waals surface area contributed by atoms with Crippen molar-refractivity contribution in [2.24, 2.45) is 4.99 Å². The van der Waals surface area contributed by atoms with E-state index in [1.807, 2.05) is 59.8 Å². The largest absolute Gasteiger partial charge is 0.259 e. The molecule has 82 valence electrons. The van der Waals surface area contributed by atoms with Crippen LogP contribution in [0.25, 0.3) is 0 Å². The van der Waals surface area contributed by atoms with Crippen LogP contribution in [0, 0.1) is 0 Å². The fourth-order valence-corrected chi connectivity index (χ4v) is 0.621. The van der Waals surface area contributed by atoms with Crippen molar-refractivity contribution in [3.05, 3.63) is 37.1 Å². The van der Waals surface area contributed by atoms with Crippen LogP contribution in [-0.4, -0.2) is 5.71 Å². The van der Waals surface area contributed by atoms with Crippen molar-refractivity contribution in [3.8, 4) is 0 Å². The van der Waals surface area contributed by atoms with E-state index < -0.39 is 0 Å². The zero-order valence-corrected chi connectivity index (χ0v) is 10.6. The lowest BCUT2D eigenvalue weighted by atomic mass is 10.3. The van der Waals surface area contributed by atoms with E-state index in [2.05, 4.69) is 18.2 Å². The third-order valence-electron chi connectivity index (χ3n) is 1.18. The molecular weight excluding hydrogens is 170 g/mol. The lowest BCUT2D eigenvalue weighted by Gasteiger charge is -1.91. The first kappa shape index (κ1) is 18.6. The SMILES string of the molecule is C=C.CC.C\C=C/C(C)=N\C(C)=C/C. The van der Waals surface area contributed by atoms with Gasteiger partial charge in [0.2, 0.25) is 0 Å². The number of hydrogen-bond acceptors (Lipinski definition) is 1. The highest BCUT2D eigenvalue weighted by Crippen LogP contribution is 1.94. The minimum Gasteiger partial charge on any atom is -0.259 e. The third kappa shape index (κ3) is 17.1. The van der Waals surface area contributed by atoms with Gasteiger partial charge in [0, 0.05) is 11.4 Å². The summed E-state index contributed by atoms with van der Waals surface area (Å²) in [5.41, 5.74) is 2.12. The average molecular weight is 195 g/mol. The first-order valence-electron chi connectivity index (χ1n) is 5.01. The monoisotopic (exact) mass is 195 g/mol. The third-order valence-corrected chi connectivity index (χ3v) is 1.18. The molecule has 0 bridgehead atoms. The molecule has 0 radical (unpaired) electrons. The predicted molar refractivity (Wildman–Crippen MR) is 70.0 cm³/mol. The Morgan fingerprint density at radius 1 is 1.07 bits per heavy atom. The molecule has 0 aromatic carbocycles. The molecule has 0 atom stereocenters. The van der Waals surface area contributed by atoms with Crippen LogP contribution < -0.4 is 0 Å². The molecule has 0 N–H and O–H groups in total. The maximum atomic E-state index is 4.28. The second-order valence-electron chi connectivity index (χ2n) is 2.18. The Bertz CT molecular complexity index is 185. The summed E-state index contributed by atoms with van der Waals surface area (Å²) in [4.78, 5) is 4.28. The van der Waals surface area contributed by atoms with E-state index in [0.717, 1.165) is 11.4 Å². The van der Waals surface area contributed by atoms with E-state index in [-0.39, 0.29) is 0 Å². The van der Waals surface area contributed by atoms with E-state index >= 15 is 0 Å². The van der Waals surface area contributed by atoms with Crippen molar-refractivity contribution in [2.45, 2.75) is 41.5 Å². The topological polar surface area (TPSA) is 12.4 Å². The highest BCUT2D eigenvalue weighted by molar-refractivity contribution is 5.93. The Balaban J connectivity index is -0.000000266. The molecule has 0 aliphatic carbocycles. The van der Waals surface area contributed by atoms with Crippen LogP contribution in [0.1, 0.15) is 41.5 Å². The lowest BCUT2D eigenvalue weighted by Crippen LogP contribution is -1.83. The van der Waals surface area contributed by atoms with Gasteiger partial charge in [-0.25, -0.2) is 0 Å². The van der Waals surface area contributed by atoms with Crippen molar-refractivity contribution in [1.29, 1.82) is 0 Å². The smallest absolute Gasteiger partial charge is 0.0372 e. The van der Waals surface area contributed by atoms with Crippen molar-refractivity contribution in [3.63, 3.8) is 0 Å². The molecule has 0 unspecified atom stereocenters. The molecule has 0 spiro atoms. The lowest BCUT2D eigenvalue weighted by molar-refractivity contribution is 1.28. The molecule has 0 heterocycles. The minimum absolute atomic E-state index is 1.05. The number of nitrogens with zero attached hydrogens (tertiary/aromatic N) is 1. The van der Waals surface area contributed by atoms with Gasteiger partial charge in [0.25, 0.3) is 0 Å². The van der Waals surface area contributed by atoms with E-state index in [1.54, 1.807) is 0 Å². The van der Waals surface area contributed by atoms with E-state index in [9.17, 15) is 0 Å². The number of allylic oxidation sites excluding steroid dienone is 4. The summed E-state index contributed by atoms with van der Waals surface area (Å²) in [5, 5.41) is 0. The number of aliphatic imine (C=N–C) groups is 1. The minimum atomic E-state index is 1.05. The molecule has 14 heavy (non-hydrogen) atoms. The molecule has 0 fully saturated rings. The van der Waals surface area contributed by atoms with Gasteiger partial charge in [-0.15, -0.1) is 13.2 Å². The van der Waals surface area contributed by atoms with Gasteiger partial charge >= 0.3 is 0 Å². The average Bonchev–Trinajstić information content (AvgIpc) is 2.24. The molecule has 1 heteroatoms. The fourth-order valence-electron chi connectivity index (χ4n) is 0.621. The molecule has 0 saturated carbocycles. The van der Waals surface area contributed by atoms with Gasteiger partial charge in [-0.05, 0) is 33.8 Å². The molecular formula is C13H25N. The van der Waals surface area contributed by atoms with Gasteiger partial charge in [0.1, 0.15) is 0 Å². The first-order chi connectivity index (χ1) is 6.70. The Kier molecular flexibility index (Phi) is 23.7. The van der Waals surface area contributed by atoms with E-state index in [4.69, 9.17) is 0 Å². The Morgan fingerprint density at radius 2 is 1.50 bits per heavy atom. The fraction of sp³-hybridized carbons (Fsp3) is 0.462. The summed E-state index contributed by atoms with van der Waals surface area (Å²) in [5.74, 6) is 0. The van der Waals surface area contributed by atoms with Gasteiger partial charge in [-0.3, -0.25) is 4.99 Å². The van der Waals surface area contributed by atoms with Crippen molar-refractivity contribution in [1.82, 2.24) is 0 Å². The Labute approximate surface area is 90.0 Å². The molecule has 0 saturated heterocycles. The second-order valence-corrected chi connectivity index (χ2v) is 2.18. The summed E-state index contributed by atoms with van der Waals surface area (Å²) in [6.45, 7) is 18.0. The van der Waals surface area contributed by atoms with Gasteiger partial charge in [0.05, 0.1) is 0 Å². The molecule has 0 aromatic rings. The van der Waals surface area contributed by atoms with Gasteiger partial charge in [-0.2, -0.15) is 0 Å². The van der Waals surface area contributed by atoms with Crippen molar-refractivity contribution in [2.75, 3.05) is 0 Å². The summed E-state index contributed by atoms with van der Waals surface area (Å²) in [7, 11) is 0. The Morgan fingerprint density at radius 3 is 1.79 bits per heavy atom. The van der Waals surface area contributed by atoms with Crippen molar-refractivity contribution >= 4 is 5.71 Å². The second kappa shape index (κ2) is 17.8. The zero-order chi connectivity index (χ0) is 12.0. The molecule has 1 nitrogen and oxygen atoms in total. The van der Waals surface area contributed by atoms with Crippen LogP contribution in [0.5, 0.6) is 0 Å².